The molecule has 0 heterocycles. The maximum atomic E-state index is 2.35. The Morgan fingerprint density at radius 2 is 0.429 bits per heavy atom. The Labute approximate surface area is 245 Å². The summed E-state index contributed by atoms with van der Waals surface area (Å²) in [6.07, 6.45) is 0. The highest BCUT2D eigenvalue weighted by Crippen LogP contribution is 2.40. The average molecular weight is 533 g/mol. The summed E-state index contributed by atoms with van der Waals surface area (Å²) < 4.78 is 0. The predicted molar refractivity (Wildman–Crippen MR) is 181 cm³/mol. The quantitative estimate of drug-likeness (QED) is 0.198. The van der Waals surface area contributed by atoms with E-state index in [1.165, 1.54) is 76.5 Å². The zero-order valence-corrected chi connectivity index (χ0v) is 23.2. The van der Waals surface area contributed by atoms with Gasteiger partial charge in [0, 0.05) is 0 Å². The summed E-state index contributed by atoms with van der Waals surface area (Å²) in [5.74, 6) is 0. The molecule has 8 aromatic carbocycles. The molecular weight excluding hydrogens is 504 g/mol. The lowest BCUT2D eigenvalue weighted by Crippen LogP contribution is -1.98. The first-order valence-electron chi connectivity index (χ1n) is 14.5. The van der Waals surface area contributed by atoms with Crippen LogP contribution in [0.3, 0.4) is 0 Å². The molecule has 0 nitrogen and oxygen atoms in total. The Hall–Kier alpha value is -5.46. The molecule has 0 aromatic heterocycles. The van der Waals surface area contributed by atoms with E-state index in [-0.39, 0.29) is 0 Å². The van der Waals surface area contributed by atoms with Crippen molar-refractivity contribution in [3.63, 3.8) is 0 Å². The zero-order valence-electron chi connectivity index (χ0n) is 23.2. The molecule has 0 saturated heterocycles. The Bertz CT molecular complexity index is 1970. The van der Waals surface area contributed by atoms with Crippen molar-refractivity contribution in [3.05, 3.63) is 192 Å². The number of hydrogen-bond acceptors (Lipinski definition) is 0. The van der Waals surface area contributed by atoms with Crippen LogP contribution in [-0.4, -0.2) is 0 Å². The van der Waals surface area contributed by atoms with Gasteiger partial charge in [-0.2, -0.15) is 0 Å². The molecule has 0 fully saturated rings. The summed E-state index contributed by atoms with van der Waals surface area (Å²) in [6, 6.07) is 62.1. The number of benzene rings is 8. The second-order valence-corrected chi connectivity index (χ2v) is 11.0. The fourth-order valence-electron chi connectivity index (χ4n) is 6.29. The maximum Gasteiger partial charge on any atom is -0.00264 e. The molecular formula is C42H28. The van der Waals surface area contributed by atoms with Gasteiger partial charge in [-0.3, -0.25) is 0 Å². The Morgan fingerprint density at radius 3 is 0.667 bits per heavy atom. The van der Waals surface area contributed by atoms with Gasteiger partial charge in [0.05, 0.1) is 0 Å². The zero-order chi connectivity index (χ0) is 27.9. The second-order valence-electron chi connectivity index (χ2n) is 11.0. The van der Waals surface area contributed by atoms with Crippen molar-refractivity contribution in [2.75, 3.05) is 0 Å². The smallest absolute Gasteiger partial charge is 0.00264 e. The summed E-state index contributed by atoms with van der Waals surface area (Å²) in [5, 5.41) is 9.95. The van der Waals surface area contributed by atoms with E-state index in [2.05, 4.69) is 170 Å². The van der Waals surface area contributed by atoms with Gasteiger partial charge in [-0.05, 0) is 101 Å². The van der Waals surface area contributed by atoms with Gasteiger partial charge in [-0.15, -0.1) is 0 Å². The van der Waals surface area contributed by atoms with Crippen LogP contribution >= 0.6 is 0 Å². The van der Waals surface area contributed by atoms with Crippen LogP contribution in [0.25, 0.3) is 54.2 Å². The third-order valence-electron chi connectivity index (χ3n) is 8.40. The minimum absolute atomic E-state index is 1.21. The normalized spacial score (nSPS) is 11.3. The largest absolute Gasteiger partial charge is 0.0616 e. The Morgan fingerprint density at radius 1 is 0.214 bits per heavy atom. The Balaban J connectivity index is 1.51. The van der Waals surface area contributed by atoms with Crippen LogP contribution in [0, 0.1) is 0 Å². The highest BCUT2D eigenvalue weighted by atomic mass is 14.2. The monoisotopic (exact) mass is 532 g/mol. The van der Waals surface area contributed by atoms with Gasteiger partial charge in [0.25, 0.3) is 0 Å². The molecule has 0 heteroatoms. The van der Waals surface area contributed by atoms with Crippen LogP contribution in [0.2, 0.25) is 0 Å². The fourth-order valence-corrected chi connectivity index (χ4v) is 6.29. The van der Waals surface area contributed by atoms with Crippen molar-refractivity contribution < 1.29 is 0 Å². The highest BCUT2D eigenvalue weighted by molar-refractivity contribution is 6.09. The van der Waals surface area contributed by atoms with E-state index < -0.39 is 0 Å². The minimum Gasteiger partial charge on any atom is -0.0616 e. The van der Waals surface area contributed by atoms with E-state index in [1.54, 1.807) is 0 Å². The van der Waals surface area contributed by atoms with Gasteiger partial charge >= 0.3 is 0 Å². The Kier molecular flexibility index (Phi) is 5.90. The number of hydrogen-bond donors (Lipinski definition) is 0. The SMILES string of the molecule is c1ccc2cc(C(=C(c3ccc4ccccc4c3)c3ccc4ccccc4c3)c3ccc4ccccc4c3)ccc2c1. The number of rotatable bonds is 4. The first-order valence-corrected chi connectivity index (χ1v) is 14.5. The summed E-state index contributed by atoms with van der Waals surface area (Å²) in [7, 11) is 0. The molecule has 0 radical (unpaired) electrons. The van der Waals surface area contributed by atoms with Crippen LogP contribution in [0.1, 0.15) is 22.3 Å². The topological polar surface area (TPSA) is 0 Å². The molecule has 0 amide bonds. The molecule has 0 unspecified atom stereocenters. The van der Waals surface area contributed by atoms with E-state index in [1.807, 2.05) is 0 Å². The molecule has 0 spiro atoms. The summed E-state index contributed by atoms with van der Waals surface area (Å²) in [6.45, 7) is 0. The lowest BCUT2D eigenvalue weighted by atomic mass is 9.83. The van der Waals surface area contributed by atoms with Crippen LogP contribution in [0.4, 0.5) is 0 Å². The third-order valence-corrected chi connectivity index (χ3v) is 8.40. The van der Waals surface area contributed by atoms with Crippen molar-refractivity contribution in [1.29, 1.82) is 0 Å². The molecule has 0 N–H and O–H groups in total. The molecule has 8 rings (SSSR count). The molecule has 0 aliphatic carbocycles. The molecule has 42 heavy (non-hydrogen) atoms. The van der Waals surface area contributed by atoms with Gasteiger partial charge in [0.15, 0.2) is 0 Å². The van der Waals surface area contributed by atoms with Crippen LogP contribution in [0.15, 0.2) is 170 Å². The van der Waals surface area contributed by atoms with Crippen LogP contribution in [-0.2, 0) is 0 Å². The van der Waals surface area contributed by atoms with E-state index >= 15 is 0 Å². The van der Waals surface area contributed by atoms with Gasteiger partial charge < -0.3 is 0 Å². The standard InChI is InChI=1S/C42H28/c1-5-13-33-25-37(21-17-29(33)9-1)41(38-22-18-30-10-2-6-14-34(30)26-38)42(39-23-19-31-11-3-7-15-35(31)27-39)40-24-20-32-12-4-8-16-36(32)28-40/h1-28H. The molecule has 8 aromatic rings. The van der Waals surface area contributed by atoms with Crippen molar-refractivity contribution in [1.82, 2.24) is 0 Å². The third kappa shape index (κ3) is 4.35. The first kappa shape index (κ1) is 24.3. The van der Waals surface area contributed by atoms with Gasteiger partial charge in [-0.25, -0.2) is 0 Å². The summed E-state index contributed by atoms with van der Waals surface area (Å²) in [5.41, 5.74) is 7.30. The number of fused-ring (bicyclic) bond motifs is 4. The van der Waals surface area contributed by atoms with E-state index in [9.17, 15) is 0 Å². The van der Waals surface area contributed by atoms with E-state index in [0.29, 0.717) is 0 Å². The molecule has 0 saturated carbocycles. The molecule has 196 valence electrons. The highest BCUT2D eigenvalue weighted by Gasteiger charge is 2.18. The lowest BCUT2D eigenvalue weighted by molar-refractivity contribution is 1.54. The van der Waals surface area contributed by atoms with Gasteiger partial charge in [-0.1, -0.05) is 146 Å². The average Bonchev–Trinajstić information content (AvgIpc) is 3.06. The molecule has 0 atom stereocenters. The fraction of sp³-hybridized carbons (Fsp3) is 0. The predicted octanol–water partition coefficient (Wildman–Crippen LogP) is 11.3. The van der Waals surface area contributed by atoms with E-state index in [0.717, 1.165) is 0 Å². The summed E-state index contributed by atoms with van der Waals surface area (Å²) in [4.78, 5) is 0. The van der Waals surface area contributed by atoms with Crippen molar-refractivity contribution in [3.8, 4) is 0 Å². The van der Waals surface area contributed by atoms with Crippen LogP contribution < -0.4 is 0 Å². The molecule has 0 aliphatic rings. The second kappa shape index (κ2) is 10.2. The van der Waals surface area contributed by atoms with Crippen molar-refractivity contribution >= 4 is 54.2 Å². The molecule has 0 aliphatic heterocycles. The van der Waals surface area contributed by atoms with Crippen molar-refractivity contribution in [2.45, 2.75) is 0 Å². The van der Waals surface area contributed by atoms with E-state index in [4.69, 9.17) is 0 Å². The molecule has 0 bridgehead atoms. The van der Waals surface area contributed by atoms with Gasteiger partial charge in [0.2, 0.25) is 0 Å². The lowest BCUT2D eigenvalue weighted by Gasteiger charge is -2.20. The van der Waals surface area contributed by atoms with Crippen LogP contribution in [0.5, 0.6) is 0 Å². The minimum atomic E-state index is 1.21. The van der Waals surface area contributed by atoms with Crippen molar-refractivity contribution in [2.24, 2.45) is 0 Å². The van der Waals surface area contributed by atoms with Gasteiger partial charge in [0.1, 0.15) is 0 Å². The maximum absolute atomic E-state index is 2.35. The first-order chi connectivity index (χ1) is 20.8. The summed E-state index contributed by atoms with van der Waals surface area (Å²) >= 11 is 0.